The van der Waals surface area contributed by atoms with Crippen molar-refractivity contribution in [1.82, 2.24) is 0 Å². The molecule has 0 spiro atoms. The summed E-state index contributed by atoms with van der Waals surface area (Å²) in [5, 5.41) is 2.20. The van der Waals surface area contributed by atoms with Crippen LogP contribution < -0.4 is 4.74 Å². The van der Waals surface area contributed by atoms with Gasteiger partial charge in [0, 0.05) is 21.1 Å². The smallest absolute Gasteiger partial charge is 0.232 e. The monoisotopic (exact) mass is 390 g/mol. The van der Waals surface area contributed by atoms with Gasteiger partial charge in [-0.3, -0.25) is 0 Å². The lowest BCUT2D eigenvalue weighted by atomic mass is 10.1. The van der Waals surface area contributed by atoms with E-state index < -0.39 is 9.05 Å². The van der Waals surface area contributed by atoms with Crippen LogP contribution in [0.1, 0.15) is 13.3 Å². The zero-order chi connectivity index (χ0) is 15.5. The average molecular weight is 392 g/mol. The Bertz CT molecular complexity index is 731. The minimum absolute atomic E-state index is 0.0639. The van der Waals surface area contributed by atoms with Crippen LogP contribution in [0.25, 0.3) is 10.8 Å². The van der Waals surface area contributed by atoms with E-state index in [0.29, 0.717) is 13.0 Å². The molecule has 0 radical (unpaired) electrons. The van der Waals surface area contributed by atoms with Crippen LogP contribution in [0.5, 0.6) is 5.75 Å². The van der Waals surface area contributed by atoms with Gasteiger partial charge in [0.05, 0.1) is 12.4 Å². The topological polar surface area (TPSA) is 43.4 Å². The highest BCUT2D eigenvalue weighted by Crippen LogP contribution is 2.24. The molecule has 1 atom stereocenters. The van der Waals surface area contributed by atoms with Crippen LogP contribution in [-0.2, 0) is 9.05 Å². The quantitative estimate of drug-likeness (QED) is 0.677. The summed E-state index contributed by atoms with van der Waals surface area (Å²) in [4.78, 5) is 0. The Balaban J connectivity index is 2.07. The maximum atomic E-state index is 11.1. The summed E-state index contributed by atoms with van der Waals surface area (Å²) in [6, 6.07) is 11.8. The van der Waals surface area contributed by atoms with Crippen molar-refractivity contribution >= 4 is 46.4 Å². The third-order valence-electron chi connectivity index (χ3n) is 3.27. The van der Waals surface area contributed by atoms with Crippen molar-refractivity contribution in [3.8, 4) is 5.75 Å². The van der Waals surface area contributed by atoms with Crippen LogP contribution >= 0.6 is 26.6 Å². The van der Waals surface area contributed by atoms with Gasteiger partial charge in [-0.2, -0.15) is 0 Å². The van der Waals surface area contributed by atoms with Crippen LogP contribution in [0.3, 0.4) is 0 Å². The molecule has 0 fully saturated rings. The lowest BCUT2D eigenvalue weighted by Gasteiger charge is -2.14. The van der Waals surface area contributed by atoms with Gasteiger partial charge in [0.15, 0.2) is 0 Å². The molecule has 0 aliphatic carbocycles. The van der Waals surface area contributed by atoms with E-state index in [-0.39, 0.29) is 11.7 Å². The molecule has 3 nitrogen and oxygen atoms in total. The molecule has 2 aromatic carbocycles. The fourth-order valence-electron chi connectivity index (χ4n) is 2.06. The lowest BCUT2D eigenvalue weighted by molar-refractivity contribution is 0.258. The van der Waals surface area contributed by atoms with Crippen LogP contribution in [0.4, 0.5) is 0 Å². The third-order valence-corrected chi connectivity index (χ3v) is 5.01. The molecule has 6 heteroatoms. The summed E-state index contributed by atoms with van der Waals surface area (Å²) in [6.07, 6.45) is 0.701. The molecule has 0 saturated heterocycles. The first-order valence-electron chi connectivity index (χ1n) is 6.62. The average Bonchev–Trinajstić information content (AvgIpc) is 2.42. The van der Waals surface area contributed by atoms with Gasteiger partial charge in [0.1, 0.15) is 5.75 Å². The maximum absolute atomic E-state index is 11.1. The van der Waals surface area contributed by atoms with Gasteiger partial charge in [-0.25, -0.2) is 8.42 Å². The standard InChI is InChI=1S/C15H16BrClO3S/c1-2-11(10-21(17,18)19)9-20-15-6-4-12-7-14(16)5-3-13(12)8-15/h3-8,11H,2,9-10H2,1H3. The first-order chi connectivity index (χ1) is 9.87. The van der Waals surface area contributed by atoms with E-state index in [1.54, 1.807) is 0 Å². The second-order valence-corrected chi connectivity index (χ2v) is 8.68. The first kappa shape index (κ1) is 16.6. The zero-order valence-electron chi connectivity index (χ0n) is 11.6. The van der Waals surface area contributed by atoms with E-state index >= 15 is 0 Å². The maximum Gasteiger partial charge on any atom is 0.232 e. The van der Waals surface area contributed by atoms with E-state index in [2.05, 4.69) is 15.9 Å². The second kappa shape index (κ2) is 6.99. The number of fused-ring (bicyclic) bond motifs is 1. The summed E-state index contributed by atoms with van der Waals surface area (Å²) in [7, 11) is 1.80. The molecule has 0 saturated carbocycles. The van der Waals surface area contributed by atoms with Crippen molar-refractivity contribution in [3.63, 3.8) is 0 Å². The van der Waals surface area contributed by atoms with Gasteiger partial charge in [0.2, 0.25) is 9.05 Å². The predicted octanol–water partition coefficient (Wildman–Crippen LogP) is 4.58. The van der Waals surface area contributed by atoms with E-state index in [1.807, 2.05) is 43.3 Å². The highest BCUT2D eigenvalue weighted by atomic mass is 79.9. The molecule has 2 rings (SSSR count). The highest BCUT2D eigenvalue weighted by Gasteiger charge is 2.16. The number of rotatable bonds is 6. The molecule has 2 aromatic rings. The number of halogens is 2. The lowest BCUT2D eigenvalue weighted by Crippen LogP contribution is -2.18. The van der Waals surface area contributed by atoms with Gasteiger partial charge < -0.3 is 4.74 Å². The summed E-state index contributed by atoms with van der Waals surface area (Å²) in [5.74, 6) is 0.564. The molecule has 21 heavy (non-hydrogen) atoms. The Hall–Kier alpha value is -0.780. The molecule has 0 heterocycles. The van der Waals surface area contributed by atoms with E-state index in [4.69, 9.17) is 15.4 Å². The minimum Gasteiger partial charge on any atom is -0.493 e. The van der Waals surface area contributed by atoms with Gasteiger partial charge in [-0.15, -0.1) is 0 Å². The van der Waals surface area contributed by atoms with Crippen molar-refractivity contribution in [3.05, 3.63) is 40.9 Å². The fourth-order valence-corrected chi connectivity index (χ4v) is 3.87. The molecule has 0 bridgehead atoms. The molecular weight excluding hydrogens is 376 g/mol. The fraction of sp³-hybridized carbons (Fsp3) is 0.333. The Morgan fingerprint density at radius 1 is 1.19 bits per heavy atom. The van der Waals surface area contributed by atoms with Crippen molar-refractivity contribution < 1.29 is 13.2 Å². The number of ether oxygens (including phenoxy) is 1. The van der Waals surface area contributed by atoms with Crippen LogP contribution in [0.2, 0.25) is 0 Å². The van der Waals surface area contributed by atoms with Crippen molar-refractivity contribution in [2.24, 2.45) is 5.92 Å². The Morgan fingerprint density at radius 3 is 2.52 bits per heavy atom. The molecule has 0 N–H and O–H groups in total. The van der Waals surface area contributed by atoms with Gasteiger partial charge in [-0.1, -0.05) is 35.0 Å². The molecule has 0 amide bonds. The number of benzene rings is 2. The summed E-state index contributed by atoms with van der Waals surface area (Å²) >= 11 is 3.44. The Kier molecular flexibility index (Phi) is 5.52. The SMILES string of the molecule is CCC(COc1ccc2cc(Br)ccc2c1)CS(=O)(=O)Cl. The van der Waals surface area contributed by atoms with E-state index in [9.17, 15) is 8.42 Å². The van der Waals surface area contributed by atoms with Crippen LogP contribution in [-0.4, -0.2) is 20.8 Å². The number of hydrogen-bond acceptors (Lipinski definition) is 3. The summed E-state index contributed by atoms with van der Waals surface area (Å²) < 4.78 is 29.0. The van der Waals surface area contributed by atoms with Crippen molar-refractivity contribution in [2.45, 2.75) is 13.3 Å². The summed E-state index contributed by atoms with van der Waals surface area (Å²) in [5.41, 5.74) is 0. The largest absolute Gasteiger partial charge is 0.493 e. The molecular formula is C15H16BrClO3S. The highest BCUT2D eigenvalue weighted by molar-refractivity contribution is 9.10. The Morgan fingerprint density at radius 2 is 1.86 bits per heavy atom. The minimum atomic E-state index is -3.49. The molecule has 0 aromatic heterocycles. The molecule has 1 unspecified atom stereocenters. The zero-order valence-corrected chi connectivity index (χ0v) is 14.7. The molecule has 114 valence electrons. The Labute approximate surface area is 137 Å². The van der Waals surface area contributed by atoms with E-state index in [1.165, 1.54) is 0 Å². The normalized spacial score (nSPS) is 13.3. The van der Waals surface area contributed by atoms with Crippen LogP contribution in [0, 0.1) is 5.92 Å². The van der Waals surface area contributed by atoms with Crippen molar-refractivity contribution in [1.29, 1.82) is 0 Å². The third kappa shape index (κ3) is 5.16. The number of hydrogen-bond donors (Lipinski definition) is 0. The second-order valence-electron chi connectivity index (χ2n) is 4.94. The first-order valence-corrected chi connectivity index (χ1v) is 9.89. The molecule has 0 aliphatic rings. The van der Waals surface area contributed by atoms with Crippen molar-refractivity contribution in [2.75, 3.05) is 12.4 Å². The molecule has 0 aliphatic heterocycles. The summed E-state index contributed by atoms with van der Waals surface area (Å²) in [6.45, 7) is 2.26. The van der Waals surface area contributed by atoms with Crippen LogP contribution in [0.15, 0.2) is 40.9 Å². The van der Waals surface area contributed by atoms with Gasteiger partial charge >= 0.3 is 0 Å². The van der Waals surface area contributed by atoms with Gasteiger partial charge in [0.25, 0.3) is 0 Å². The van der Waals surface area contributed by atoms with E-state index in [0.717, 1.165) is 21.0 Å². The van der Waals surface area contributed by atoms with Gasteiger partial charge in [-0.05, 0) is 41.5 Å². The predicted molar refractivity (Wildman–Crippen MR) is 90.6 cm³/mol.